The van der Waals surface area contributed by atoms with E-state index in [0.29, 0.717) is 30.3 Å². The Hall–Kier alpha value is -2.47. The Morgan fingerprint density at radius 2 is 1.88 bits per heavy atom. The van der Waals surface area contributed by atoms with E-state index in [4.69, 9.17) is 4.74 Å². The summed E-state index contributed by atoms with van der Waals surface area (Å²) in [5.41, 5.74) is 1.67. The molecule has 0 spiro atoms. The van der Waals surface area contributed by atoms with E-state index in [1.54, 1.807) is 28.8 Å². The van der Waals surface area contributed by atoms with Gasteiger partial charge in [-0.3, -0.25) is 9.59 Å². The van der Waals surface area contributed by atoms with Gasteiger partial charge in [-0.05, 0) is 30.7 Å². The van der Waals surface area contributed by atoms with Crippen LogP contribution in [0.4, 0.5) is 0 Å². The third-order valence-electron chi connectivity index (χ3n) is 4.22. The number of ether oxygens (including phenoxy) is 1. The molecule has 2 aromatic carbocycles. The highest BCUT2D eigenvalue weighted by Gasteiger charge is 2.34. The maximum atomic E-state index is 12.6. The number of carbonyl (C=O) groups is 2. The van der Waals surface area contributed by atoms with Gasteiger partial charge in [-0.15, -0.1) is 11.8 Å². The Morgan fingerprint density at radius 3 is 2.65 bits per heavy atom. The second-order valence-corrected chi connectivity index (χ2v) is 7.06. The predicted octanol–water partition coefficient (Wildman–Crippen LogP) is 2.71. The number of hydrogen-bond donors (Lipinski definition) is 1. The molecule has 2 amide bonds. The molecule has 1 N–H and O–H groups in total. The molecule has 0 aromatic heterocycles. The van der Waals surface area contributed by atoms with Gasteiger partial charge in [0.25, 0.3) is 5.91 Å². The lowest BCUT2D eigenvalue weighted by Gasteiger charge is -2.23. The highest BCUT2D eigenvalue weighted by molar-refractivity contribution is 7.99. The third-order valence-corrected chi connectivity index (χ3v) is 5.23. The summed E-state index contributed by atoms with van der Waals surface area (Å²) >= 11 is 1.59. The lowest BCUT2D eigenvalue weighted by atomic mass is 10.1. The molecule has 1 atom stereocenters. The van der Waals surface area contributed by atoms with Crippen LogP contribution in [0.3, 0.4) is 0 Å². The van der Waals surface area contributed by atoms with Gasteiger partial charge in [-0.2, -0.15) is 0 Å². The molecule has 6 heteroatoms. The van der Waals surface area contributed by atoms with Crippen LogP contribution in [0, 0.1) is 6.92 Å². The number of para-hydroxylation sites is 1. The van der Waals surface area contributed by atoms with Crippen molar-refractivity contribution in [3.8, 4) is 5.75 Å². The first-order valence-electron chi connectivity index (χ1n) is 8.56. The zero-order valence-corrected chi connectivity index (χ0v) is 15.5. The van der Waals surface area contributed by atoms with Crippen molar-refractivity contribution in [3.63, 3.8) is 0 Å². The molecule has 0 bridgehead atoms. The Bertz CT molecular complexity index is 767. The Kier molecular flexibility index (Phi) is 6.17. The number of thioether (sulfide) groups is 1. The van der Waals surface area contributed by atoms with Gasteiger partial charge in [0.1, 0.15) is 18.4 Å². The summed E-state index contributed by atoms with van der Waals surface area (Å²) in [6, 6.07) is 16.4. The predicted molar refractivity (Wildman–Crippen MR) is 103 cm³/mol. The standard InChI is InChI=1S/C20H22N2O3S/c1-15-7-5-6-10-18(15)25-12-11-21-19(23)17-13-26-14-22(17)20(24)16-8-3-2-4-9-16/h2-10,17H,11-14H2,1H3,(H,21,23)/t17-/m0/s1. The second-order valence-electron chi connectivity index (χ2n) is 6.06. The van der Waals surface area contributed by atoms with Crippen molar-refractivity contribution in [2.45, 2.75) is 13.0 Å². The molecule has 0 aliphatic carbocycles. The molecule has 26 heavy (non-hydrogen) atoms. The molecule has 0 saturated carbocycles. The van der Waals surface area contributed by atoms with Gasteiger partial charge < -0.3 is 15.0 Å². The highest BCUT2D eigenvalue weighted by Crippen LogP contribution is 2.23. The van der Waals surface area contributed by atoms with Crippen LogP contribution in [-0.2, 0) is 4.79 Å². The Labute approximate surface area is 157 Å². The van der Waals surface area contributed by atoms with E-state index in [1.807, 2.05) is 49.4 Å². The zero-order chi connectivity index (χ0) is 18.4. The van der Waals surface area contributed by atoms with Crippen molar-refractivity contribution in [2.75, 3.05) is 24.8 Å². The van der Waals surface area contributed by atoms with Crippen molar-refractivity contribution in [2.24, 2.45) is 0 Å². The van der Waals surface area contributed by atoms with Crippen molar-refractivity contribution in [1.29, 1.82) is 0 Å². The first-order chi connectivity index (χ1) is 12.7. The smallest absolute Gasteiger partial charge is 0.255 e. The van der Waals surface area contributed by atoms with Gasteiger partial charge in [0.2, 0.25) is 5.91 Å². The fourth-order valence-corrected chi connectivity index (χ4v) is 3.93. The molecule has 1 aliphatic heterocycles. The molecule has 1 fully saturated rings. The molecule has 1 aliphatic rings. The van der Waals surface area contributed by atoms with Crippen LogP contribution < -0.4 is 10.1 Å². The van der Waals surface area contributed by atoms with E-state index in [1.165, 1.54) is 0 Å². The summed E-state index contributed by atoms with van der Waals surface area (Å²) in [5.74, 6) is 1.73. The van der Waals surface area contributed by atoms with E-state index in [-0.39, 0.29) is 11.8 Å². The monoisotopic (exact) mass is 370 g/mol. The number of rotatable bonds is 6. The summed E-state index contributed by atoms with van der Waals surface area (Å²) in [4.78, 5) is 26.8. The average molecular weight is 370 g/mol. The van der Waals surface area contributed by atoms with Crippen molar-refractivity contribution >= 4 is 23.6 Å². The van der Waals surface area contributed by atoms with Crippen LogP contribution >= 0.6 is 11.8 Å². The molecule has 3 rings (SSSR count). The van der Waals surface area contributed by atoms with Gasteiger partial charge in [0, 0.05) is 11.3 Å². The molecule has 1 heterocycles. The van der Waals surface area contributed by atoms with Gasteiger partial charge in [0.15, 0.2) is 0 Å². The molecular formula is C20H22N2O3S. The molecule has 1 saturated heterocycles. The molecular weight excluding hydrogens is 348 g/mol. The Morgan fingerprint density at radius 1 is 1.15 bits per heavy atom. The maximum Gasteiger partial charge on any atom is 0.255 e. The summed E-state index contributed by atoms with van der Waals surface area (Å²) in [7, 11) is 0. The van der Waals surface area contributed by atoms with Crippen LogP contribution in [-0.4, -0.2) is 47.5 Å². The van der Waals surface area contributed by atoms with Gasteiger partial charge >= 0.3 is 0 Å². The largest absolute Gasteiger partial charge is 0.491 e. The molecule has 5 nitrogen and oxygen atoms in total. The van der Waals surface area contributed by atoms with Gasteiger partial charge in [-0.25, -0.2) is 0 Å². The molecule has 0 unspecified atom stereocenters. The summed E-state index contributed by atoms with van der Waals surface area (Å²) in [6.07, 6.45) is 0. The van der Waals surface area contributed by atoms with Crippen LogP contribution in [0.15, 0.2) is 54.6 Å². The number of benzene rings is 2. The van der Waals surface area contributed by atoms with Gasteiger partial charge in [-0.1, -0.05) is 36.4 Å². The lowest BCUT2D eigenvalue weighted by Crippen LogP contribution is -2.48. The molecule has 136 valence electrons. The van der Waals surface area contributed by atoms with Gasteiger partial charge in [0.05, 0.1) is 12.4 Å². The first-order valence-corrected chi connectivity index (χ1v) is 9.72. The van der Waals surface area contributed by atoms with Crippen molar-refractivity contribution < 1.29 is 14.3 Å². The minimum atomic E-state index is -0.439. The van der Waals surface area contributed by atoms with Crippen molar-refractivity contribution in [3.05, 3.63) is 65.7 Å². The van der Waals surface area contributed by atoms with E-state index >= 15 is 0 Å². The normalized spacial score (nSPS) is 16.3. The number of nitrogens with one attached hydrogen (secondary N) is 1. The quantitative estimate of drug-likeness (QED) is 0.795. The molecule has 2 aromatic rings. The minimum absolute atomic E-state index is 0.105. The first kappa shape index (κ1) is 18.3. The van der Waals surface area contributed by atoms with Crippen molar-refractivity contribution in [1.82, 2.24) is 10.2 Å². The van der Waals surface area contributed by atoms with Crippen LogP contribution in [0.25, 0.3) is 0 Å². The second kappa shape index (κ2) is 8.76. The number of nitrogens with zero attached hydrogens (tertiary/aromatic N) is 1. The minimum Gasteiger partial charge on any atom is -0.491 e. The van der Waals surface area contributed by atoms with E-state index < -0.39 is 6.04 Å². The topological polar surface area (TPSA) is 58.6 Å². The number of carbonyl (C=O) groups excluding carboxylic acids is 2. The number of amides is 2. The fraction of sp³-hybridized carbons (Fsp3) is 0.300. The average Bonchev–Trinajstić information content (AvgIpc) is 3.16. The lowest BCUT2D eigenvalue weighted by molar-refractivity contribution is -0.124. The number of aryl methyl sites for hydroxylation is 1. The summed E-state index contributed by atoms with van der Waals surface area (Å²) in [5, 5.41) is 2.88. The molecule has 0 radical (unpaired) electrons. The summed E-state index contributed by atoms with van der Waals surface area (Å²) in [6.45, 7) is 2.78. The van der Waals surface area contributed by atoms with Crippen LogP contribution in [0.2, 0.25) is 0 Å². The van der Waals surface area contributed by atoms with E-state index in [9.17, 15) is 9.59 Å². The zero-order valence-electron chi connectivity index (χ0n) is 14.7. The SMILES string of the molecule is Cc1ccccc1OCCNC(=O)[C@@H]1CSCN1C(=O)c1ccccc1. The van der Waals surface area contributed by atoms with E-state index in [0.717, 1.165) is 11.3 Å². The Balaban J connectivity index is 1.51. The summed E-state index contributed by atoms with van der Waals surface area (Å²) < 4.78 is 5.69. The third kappa shape index (κ3) is 4.38. The van der Waals surface area contributed by atoms with E-state index in [2.05, 4.69) is 5.32 Å². The number of hydrogen-bond acceptors (Lipinski definition) is 4. The van der Waals surface area contributed by atoms with Crippen LogP contribution in [0.1, 0.15) is 15.9 Å². The highest BCUT2D eigenvalue weighted by atomic mass is 32.2. The maximum absolute atomic E-state index is 12.6. The van der Waals surface area contributed by atoms with Crippen LogP contribution in [0.5, 0.6) is 5.75 Å². The fourth-order valence-electron chi connectivity index (χ4n) is 2.78.